The van der Waals surface area contributed by atoms with Crippen LogP contribution >= 0.6 is 0 Å². The van der Waals surface area contributed by atoms with Crippen LogP contribution in [0.25, 0.3) is 0 Å². The highest BCUT2D eigenvalue weighted by Crippen LogP contribution is 2.38. The van der Waals surface area contributed by atoms with Gasteiger partial charge in [-0.1, -0.05) is 24.1 Å². The van der Waals surface area contributed by atoms with Gasteiger partial charge in [0.1, 0.15) is 0 Å². The van der Waals surface area contributed by atoms with Crippen LogP contribution in [0.1, 0.15) is 42.4 Å². The first kappa shape index (κ1) is 18.3. The van der Waals surface area contributed by atoms with Gasteiger partial charge in [-0.05, 0) is 51.2 Å². The average molecular weight is 349 g/mol. The minimum Gasteiger partial charge on any atom is -0.208 e. The molecule has 0 spiro atoms. The van der Waals surface area contributed by atoms with Crippen LogP contribution in [0.5, 0.6) is 0 Å². The zero-order valence-electron chi connectivity index (χ0n) is 13.5. The fraction of sp³-hybridized carbons (Fsp3) is 0.625. The lowest BCUT2D eigenvalue weighted by Gasteiger charge is -2.31. The second-order valence-corrected chi connectivity index (χ2v) is 8.10. The molecule has 1 saturated carbocycles. The number of nitrogens with one attached hydrogen (secondary N) is 1. The minimum atomic E-state index is -4.26. The molecule has 0 bridgehead atoms. The zero-order chi connectivity index (χ0) is 17.4. The third-order valence-corrected chi connectivity index (χ3v) is 6.16. The van der Waals surface area contributed by atoms with Gasteiger partial charge >= 0.3 is 6.18 Å². The average Bonchev–Trinajstić information content (AvgIpc) is 2.35. The topological polar surface area (TPSA) is 46.2 Å². The number of rotatable bonds is 3. The molecular weight excluding hydrogens is 327 g/mol. The summed E-state index contributed by atoms with van der Waals surface area (Å²) in [6.07, 6.45) is -3.56. The van der Waals surface area contributed by atoms with Crippen molar-refractivity contribution in [3.8, 4) is 0 Å². The van der Waals surface area contributed by atoms with Gasteiger partial charge in [-0.2, -0.15) is 13.2 Å². The van der Waals surface area contributed by atoms with Crippen LogP contribution < -0.4 is 4.72 Å². The Labute approximate surface area is 135 Å². The number of aryl methyl sites for hydroxylation is 3. The Bertz CT molecular complexity index is 660. The molecule has 130 valence electrons. The van der Waals surface area contributed by atoms with E-state index in [1.54, 1.807) is 26.0 Å². The molecule has 0 aromatic heterocycles. The fourth-order valence-corrected chi connectivity index (χ4v) is 5.20. The summed E-state index contributed by atoms with van der Waals surface area (Å²) in [6, 6.07) is 2.86. The number of hydrogen-bond donors (Lipinski definition) is 1. The molecule has 0 heterocycles. The monoisotopic (exact) mass is 349 g/mol. The highest BCUT2D eigenvalue weighted by Gasteiger charge is 2.43. The first-order valence-corrected chi connectivity index (χ1v) is 9.16. The third kappa shape index (κ3) is 4.26. The molecule has 23 heavy (non-hydrogen) atoms. The quantitative estimate of drug-likeness (QED) is 0.896. The smallest absolute Gasteiger partial charge is 0.208 e. The van der Waals surface area contributed by atoms with Crippen molar-refractivity contribution < 1.29 is 21.6 Å². The predicted octanol–water partition coefficient (Wildman–Crippen LogP) is 4.01. The Balaban J connectivity index is 2.22. The second-order valence-electron chi connectivity index (χ2n) is 6.45. The molecule has 0 radical (unpaired) electrons. The molecular formula is C16H22F3NO2S. The molecule has 1 N–H and O–H groups in total. The summed E-state index contributed by atoms with van der Waals surface area (Å²) in [5, 5.41) is 0. The van der Waals surface area contributed by atoms with Gasteiger partial charge in [-0.3, -0.25) is 0 Å². The Morgan fingerprint density at radius 2 is 1.65 bits per heavy atom. The van der Waals surface area contributed by atoms with Crippen LogP contribution in [0.4, 0.5) is 13.2 Å². The Morgan fingerprint density at radius 3 is 2.17 bits per heavy atom. The molecule has 0 aliphatic heterocycles. The molecule has 1 fully saturated rings. The molecule has 2 rings (SSSR count). The van der Waals surface area contributed by atoms with Gasteiger partial charge in [-0.25, -0.2) is 13.1 Å². The summed E-state index contributed by atoms with van der Waals surface area (Å²) in [4.78, 5) is 0.178. The molecule has 2 atom stereocenters. The first-order chi connectivity index (χ1) is 10.5. The van der Waals surface area contributed by atoms with E-state index in [-0.39, 0.29) is 17.7 Å². The highest BCUT2D eigenvalue weighted by atomic mass is 32.2. The first-order valence-electron chi connectivity index (χ1n) is 7.67. The van der Waals surface area contributed by atoms with Crippen molar-refractivity contribution in [1.82, 2.24) is 4.72 Å². The summed E-state index contributed by atoms with van der Waals surface area (Å²) in [7, 11) is -3.82. The van der Waals surface area contributed by atoms with Crippen molar-refractivity contribution in [1.29, 1.82) is 0 Å². The van der Waals surface area contributed by atoms with Gasteiger partial charge in [0, 0.05) is 6.04 Å². The van der Waals surface area contributed by atoms with Crippen molar-refractivity contribution in [3.05, 3.63) is 28.8 Å². The molecule has 1 aliphatic carbocycles. The Morgan fingerprint density at radius 1 is 1.09 bits per heavy atom. The van der Waals surface area contributed by atoms with Crippen molar-refractivity contribution in [2.75, 3.05) is 0 Å². The summed E-state index contributed by atoms with van der Waals surface area (Å²) in [5.41, 5.74) is 2.17. The minimum absolute atomic E-state index is 0.0737. The Hall–Kier alpha value is -1.08. The summed E-state index contributed by atoms with van der Waals surface area (Å²) in [6.45, 7) is 5.28. The summed E-state index contributed by atoms with van der Waals surface area (Å²) in [5.74, 6) is -1.43. The maximum absolute atomic E-state index is 12.9. The molecule has 1 aliphatic rings. The van der Waals surface area contributed by atoms with Crippen LogP contribution in [-0.2, 0) is 10.0 Å². The van der Waals surface area contributed by atoms with Crippen LogP contribution in [0.2, 0.25) is 0 Å². The van der Waals surface area contributed by atoms with Gasteiger partial charge < -0.3 is 0 Å². The van der Waals surface area contributed by atoms with E-state index < -0.39 is 28.2 Å². The normalized spacial score (nSPS) is 23.0. The van der Waals surface area contributed by atoms with E-state index in [1.165, 1.54) is 0 Å². The van der Waals surface area contributed by atoms with Crippen molar-refractivity contribution in [2.24, 2.45) is 5.92 Å². The van der Waals surface area contributed by atoms with E-state index in [1.807, 2.05) is 6.92 Å². The standard InChI is InChI=1S/C16H22F3NO2S/c1-10-7-11(2)15(12(3)8-10)23(21,22)20-14-6-4-5-13(9-14)16(17,18)19/h7-8,13-14,20H,4-6,9H2,1-3H3/t13-,14+/m0/s1. The van der Waals surface area contributed by atoms with Crippen molar-refractivity contribution in [3.63, 3.8) is 0 Å². The molecule has 3 nitrogen and oxygen atoms in total. The highest BCUT2D eigenvalue weighted by molar-refractivity contribution is 7.89. The molecule has 0 amide bonds. The van der Waals surface area contributed by atoms with Gasteiger partial charge in [0.25, 0.3) is 0 Å². The van der Waals surface area contributed by atoms with E-state index in [0.29, 0.717) is 24.0 Å². The largest absolute Gasteiger partial charge is 0.391 e. The third-order valence-electron chi connectivity index (χ3n) is 4.33. The van der Waals surface area contributed by atoms with E-state index >= 15 is 0 Å². The summed E-state index contributed by atoms with van der Waals surface area (Å²) < 4.78 is 66.3. The van der Waals surface area contributed by atoms with E-state index in [4.69, 9.17) is 0 Å². The summed E-state index contributed by atoms with van der Waals surface area (Å²) >= 11 is 0. The lowest BCUT2D eigenvalue weighted by Crippen LogP contribution is -2.41. The zero-order valence-corrected chi connectivity index (χ0v) is 14.3. The van der Waals surface area contributed by atoms with Gasteiger partial charge in [0.15, 0.2) is 0 Å². The number of benzene rings is 1. The molecule has 7 heteroatoms. The number of alkyl halides is 3. The second kappa shape index (κ2) is 6.43. The number of hydrogen-bond acceptors (Lipinski definition) is 2. The van der Waals surface area contributed by atoms with E-state index in [2.05, 4.69) is 4.72 Å². The number of sulfonamides is 1. The van der Waals surface area contributed by atoms with Crippen LogP contribution in [0, 0.1) is 26.7 Å². The maximum atomic E-state index is 12.9. The SMILES string of the molecule is Cc1cc(C)c(S(=O)(=O)N[C@@H]2CCC[C@H](C(F)(F)F)C2)c(C)c1. The van der Waals surface area contributed by atoms with Gasteiger partial charge in [0.2, 0.25) is 10.0 Å². The lowest BCUT2D eigenvalue weighted by molar-refractivity contribution is -0.183. The van der Waals surface area contributed by atoms with Crippen molar-refractivity contribution >= 4 is 10.0 Å². The Kier molecular flexibility index (Phi) is 5.11. The van der Waals surface area contributed by atoms with E-state index in [0.717, 1.165) is 5.56 Å². The maximum Gasteiger partial charge on any atom is 0.391 e. The molecule has 1 aromatic rings. The van der Waals surface area contributed by atoms with Crippen LogP contribution in [0.3, 0.4) is 0 Å². The van der Waals surface area contributed by atoms with Gasteiger partial charge in [0.05, 0.1) is 10.8 Å². The van der Waals surface area contributed by atoms with Crippen molar-refractivity contribution in [2.45, 2.75) is 63.6 Å². The van der Waals surface area contributed by atoms with E-state index in [9.17, 15) is 21.6 Å². The van der Waals surface area contributed by atoms with Crippen LogP contribution in [0.15, 0.2) is 17.0 Å². The van der Waals surface area contributed by atoms with Gasteiger partial charge in [-0.15, -0.1) is 0 Å². The molecule has 1 aromatic carbocycles. The number of halogens is 3. The van der Waals surface area contributed by atoms with Crippen LogP contribution in [-0.4, -0.2) is 20.6 Å². The lowest BCUT2D eigenvalue weighted by atomic mass is 9.86. The fourth-order valence-electron chi connectivity index (χ4n) is 3.46. The molecule has 0 unspecified atom stereocenters. The molecule has 0 saturated heterocycles. The predicted molar refractivity (Wildman–Crippen MR) is 82.8 cm³/mol.